The Balaban J connectivity index is 4.20. The summed E-state index contributed by atoms with van der Waals surface area (Å²) in [6, 6.07) is 0. The first kappa shape index (κ1) is 10.2. The Bertz CT molecular complexity index is 222. The zero-order valence-electron chi connectivity index (χ0n) is 7.56. The number of hydrogen-bond acceptors (Lipinski definition) is 1. The highest BCUT2D eigenvalue weighted by atomic mass is 28.3. The van der Waals surface area contributed by atoms with Crippen LogP contribution in [0.5, 0.6) is 0 Å². The third-order valence-corrected chi connectivity index (χ3v) is 1.75. The van der Waals surface area contributed by atoms with Crippen LogP contribution < -0.4 is 0 Å². The molecule has 60 valence electrons. The fourth-order valence-corrected chi connectivity index (χ4v) is 0.940. The van der Waals surface area contributed by atoms with Crippen LogP contribution in [0, 0.1) is 11.5 Å². The lowest BCUT2D eigenvalue weighted by atomic mass is 10.4. The molecule has 1 nitrogen and oxygen atoms in total. The van der Waals surface area contributed by atoms with Crippen molar-refractivity contribution in [2.24, 2.45) is 0 Å². The van der Waals surface area contributed by atoms with Crippen molar-refractivity contribution in [2.75, 3.05) is 0 Å². The van der Waals surface area contributed by atoms with Crippen molar-refractivity contribution in [2.45, 2.75) is 26.6 Å². The first-order chi connectivity index (χ1) is 4.95. The van der Waals surface area contributed by atoms with Crippen LogP contribution in [0.1, 0.15) is 6.92 Å². The molecule has 11 heavy (non-hydrogen) atoms. The van der Waals surface area contributed by atoms with Crippen LogP contribution >= 0.6 is 0 Å². The molecule has 0 aliphatic rings. The molecule has 0 fully saturated rings. The lowest BCUT2D eigenvalue weighted by molar-refractivity contribution is -0.109. The number of ketones is 1. The van der Waals surface area contributed by atoms with Crippen LogP contribution in [0.4, 0.5) is 0 Å². The standard InChI is InChI=1S/C9H14OSi/c1-5-6-9(10)7-8-11(2,3)4/h5-6H,1-4H3/b6-5+. The number of rotatable bonds is 1. The maximum Gasteiger partial charge on any atom is 0.227 e. The van der Waals surface area contributed by atoms with Gasteiger partial charge in [0.05, 0.1) is 0 Å². The van der Waals surface area contributed by atoms with Gasteiger partial charge in [-0.25, -0.2) is 0 Å². The van der Waals surface area contributed by atoms with Crippen LogP contribution in [0.25, 0.3) is 0 Å². The first-order valence-corrected chi connectivity index (χ1v) is 7.15. The van der Waals surface area contributed by atoms with Crippen molar-refractivity contribution in [3.63, 3.8) is 0 Å². The molecular weight excluding hydrogens is 152 g/mol. The molecule has 0 bridgehead atoms. The fraction of sp³-hybridized carbons (Fsp3) is 0.444. The zero-order valence-corrected chi connectivity index (χ0v) is 8.56. The van der Waals surface area contributed by atoms with Gasteiger partial charge >= 0.3 is 0 Å². The minimum atomic E-state index is -1.36. The Labute approximate surface area is 69.5 Å². The van der Waals surface area contributed by atoms with E-state index in [1.54, 1.807) is 6.08 Å². The highest BCUT2D eigenvalue weighted by Gasteiger charge is 2.07. The summed E-state index contributed by atoms with van der Waals surface area (Å²) >= 11 is 0. The number of carbonyl (C=O) groups is 1. The van der Waals surface area contributed by atoms with E-state index in [-0.39, 0.29) is 5.78 Å². The molecule has 0 aromatic rings. The minimum Gasteiger partial charge on any atom is -0.280 e. The number of allylic oxidation sites excluding steroid dienone is 2. The average molecular weight is 166 g/mol. The van der Waals surface area contributed by atoms with Gasteiger partial charge in [0.2, 0.25) is 5.78 Å². The van der Waals surface area contributed by atoms with Gasteiger partial charge in [-0.3, -0.25) is 4.79 Å². The smallest absolute Gasteiger partial charge is 0.227 e. The van der Waals surface area contributed by atoms with Crippen molar-refractivity contribution < 1.29 is 4.79 Å². The van der Waals surface area contributed by atoms with E-state index in [0.717, 1.165) is 0 Å². The van der Waals surface area contributed by atoms with Crippen molar-refractivity contribution in [1.29, 1.82) is 0 Å². The van der Waals surface area contributed by atoms with E-state index in [1.807, 2.05) is 6.92 Å². The molecule has 0 spiro atoms. The molecule has 0 saturated carbocycles. The molecule has 0 aliphatic carbocycles. The molecule has 0 saturated heterocycles. The van der Waals surface area contributed by atoms with E-state index in [9.17, 15) is 4.79 Å². The third kappa shape index (κ3) is 7.08. The summed E-state index contributed by atoms with van der Waals surface area (Å²) in [5.41, 5.74) is 2.99. The minimum absolute atomic E-state index is 0.0880. The molecule has 0 aromatic heterocycles. The Kier molecular flexibility index (Phi) is 3.84. The average Bonchev–Trinajstić information content (AvgIpc) is 1.83. The first-order valence-electron chi connectivity index (χ1n) is 3.65. The predicted octanol–water partition coefficient (Wildman–Crippen LogP) is 2.01. The molecule has 0 aliphatic heterocycles. The van der Waals surface area contributed by atoms with Gasteiger partial charge in [0.25, 0.3) is 0 Å². The van der Waals surface area contributed by atoms with Gasteiger partial charge in [0, 0.05) is 0 Å². The molecule has 0 radical (unpaired) electrons. The summed E-state index contributed by atoms with van der Waals surface area (Å²) in [4.78, 5) is 10.9. The number of carbonyl (C=O) groups excluding carboxylic acids is 1. The highest BCUT2D eigenvalue weighted by Crippen LogP contribution is 1.95. The monoisotopic (exact) mass is 166 g/mol. The van der Waals surface area contributed by atoms with Crippen molar-refractivity contribution in [3.8, 4) is 11.5 Å². The Morgan fingerprint density at radius 3 is 2.27 bits per heavy atom. The number of hydrogen-bond donors (Lipinski definition) is 0. The third-order valence-electron chi connectivity index (χ3n) is 0.879. The van der Waals surface area contributed by atoms with Crippen molar-refractivity contribution in [3.05, 3.63) is 12.2 Å². The maximum absolute atomic E-state index is 10.9. The summed E-state index contributed by atoms with van der Waals surface area (Å²) in [6.07, 6.45) is 3.20. The molecule has 0 N–H and O–H groups in total. The van der Waals surface area contributed by atoms with E-state index in [2.05, 4.69) is 31.1 Å². The Hall–Kier alpha value is -0.813. The summed E-state index contributed by atoms with van der Waals surface area (Å²) in [5, 5.41) is 0. The summed E-state index contributed by atoms with van der Waals surface area (Å²) < 4.78 is 0. The highest BCUT2D eigenvalue weighted by molar-refractivity contribution is 6.84. The van der Waals surface area contributed by atoms with Gasteiger partial charge in [-0.2, -0.15) is 0 Å². The van der Waals surface area contributed by atoms with Crippen molar-refractivity contribution in [1.82, 2.24) is 0 Å². The van der Waals surface area contributed by atoms with E-state index in [4.69, 9.17) is 0 Å². The van der Waals surface area contributed by atoms with Gasteiger partial charge in [-0.05, 0) is 18.9 Å². The van der Waals surface area contributed by atoms with E-state index >= 15 is 0 Å². The van der Waals surface area contributed by atoms with E-state index < -0.39 is 8.07 Å². The van der Waals surface area contributed by atoms with Gasteiger partial charge < -0.3 is 0 Å². The lowest BCUT2D eigenvalue weighted by Gasteiger charge is -2.02. The maximum atomic E-state index is 10.9. The molecule has 0 amide bonds. The molecule has 0 atom stereocenters. The topological polar surface area (TPSA) is 17.1 Å². The van der Waals surface area contributed by atoms with Crippen LogP contribution in [0.15, 0.2) is 12.2 Å². The molecule has 0 heterocycles. The second kappa shape index (κ2) is 4.15. The van der Waals surface area contributed by atoms with Crippen LogP contribution in [0.3, 0.4) is 0 Å². The quantitative estimate of drug-likeness (QED) is 0.331. The molecule has 2 heteroatoms. The van der Waals surface area contributed by atoms with E-state index in [0.29, 0.717) is 0 Å². The SMILES string of the molecule is C/C=C/C(=O)C#C[Si](C)(C)C. The summed E-state index contributed by atoms with van der Waals surface area (Å²) in [5.74, 6) is 2.52. The second-order valence-electron chi connectivity index (χ2n) is 3.36. The second-order valence-corrected chi connectivity index (χ2v) is 8.11. The Morgan fingerprint density at radius 2 is 1.91 bits per heavy atom. The molecule has 0 rings (SSSR count). The fourth-order valence-electron chi connectivity index (χ4n) is 0.442. The lowest BCUT2D eigenvalue weighted by Crippen LogP contribution is -2.16. The predicted molar refractivity (Wildman–Crippen MR) is 50.9 cm³/mol. The van der Waals surface area contributed by atoms with Gasteiger partial charge in [0.1, 0.15) is 8.07 Å². The van der Waals surface area contributed by atoms with Gasteiger partial charge in [0.15, 0.2) is 0 Å². The molecule has 0 aromatic carbocycles. The largest absolute Gasteiger partial charge is 0.280 e. The normalized spacial score (nSPS) is 10.9. The molecular formula is C9H14OSi. The summed E-state index contributed by atoms with van der Waals surface area (Å²) in [7, 11) is -1.36. The van der Waals surface area contributed by atoms with Gasteiger partial charge in [-0.15, -0.1) is 5.54 Å². The van der Waals surface area contributed by atoms with Gasteiger partial charge in [-0.1, -0.05) is 25.7 Å². The zero-order chi connectivity index (χ0) is 8.91. The Morgan fingerprint density at radius 1 is 1.36 bits per heavy atom. The van der Waals surface area contributed by atoms with E-state index in [1.165, 1.54) is 6.08 Å². The van der Waals surface area contributed by atoms with Crippen LogP contribution in [-0.4, -0.2) is 13.9 Å². The molecule has 0 unspecified atom stereocenters. The van der Waals surface area contributed by atoms with Crippen LogP contribution in [-0.2, 0) is 4.79 Å². The summed E-state index contributed by atoms with van der Waals surface area (Å²) in [6.45, 7) is 8.16. The van der Waals surface area contributed by atoms with Crippen molar-refractivity contribution >= 4 is 13.9 Å². The van der Waals surface area contributed by atoms with Crippen LogP contribution in [0.2, 0.25) is 19.6 Å².